The molecule has 0 aliphatic carbocycles. The molecule has 4 rings (SSSR count). The quantitative estimate of drug-likeness (QED) is 0.383. The van der Waals surface area contributed by atoms with Crippen LogP contribution >= 0.6 is 11.6 Å². The van der Waals surface area contributed by atoms with Crippen LogP contribution in [0.25, 0.3) is 33.1 Å². The number of fused-ring (bicyclic) bond motifs is 3. The molecule has 0 saturated heterocycles. The van der Waals surface area contributed by atoms with Crippen LogP contribution < -0.4 is 0 Å². The van der Waals surface area contributed by atoms with Crippen LogP contribution in [0.4, 0.5) is 0 Å². The molecule has 100 valence electrons. The number of pyridine rings is 1. The van der Waals surface area contributed by atoms with Crippen molar-refractivity contribution in [2.24, 2.45) is 0 Å². The van der Waals surface area contributed by atoms with Crippen LogP contribution in [0.2, 0.25) is 5.28 Å². The molecule has 0 saturated carbocycles. The van der Waals surface area contributed by atoms with Crippen LogP contribution in [0.1, 0.15) is 0 Å². The van der Waals surface area contributed by atoms with Crippen molar-refractivity contribution in [2.45, 2.75) is 0 Å². The summed E-state index contributed by atoms with van der Waals surface area (Å²) in [5, 5.41) is 2.14. The molecule has 4 aromatic rings. The van der Waals surface area contributed by atoms with E-state index in [1.54, 1.807) is 0 Å². The van der Waals surface area contributed by atoms with Gasteiger partial charge in [-0.05, 0) is 17.7 Å². The highest BCUT2D eigenvalue weighted by Gasteiger charge is 2.11. The Labute approximate surface area is 126 Å². The fourth-order valence-electron chi connectivity index (χ4n) is 2.51. The molecule has 0 spiro atoms. The fourth-order valence-corrected chi connectivity index (χ4v) is 2.68. The molecule has 0 amide bonds. The van der Waals surface area contributed by atoms with E-state index in [1.165, 1.54) is 0 Å². The number of rotatable bonds is 1. The van der Waals surface area contributed by atoms with Gasteiger partial charge in [-0.1, -0.05) is 48.5 Å². The van der Waals surface area contributed by atoms with Crippen molar-refractivity contribution < 1.29 is 0 Å². The van der Waals surface area contributed by atoms with E-state index in [0.29, 0.717) is 0 Å². The molecule has 2 aromatic heterocycles. The standard InChI is InChI=1S/C17H10ClN3/c18-17-20-15(11-6-2-1-3-7-11)13-10-19-14-9-5-4-8-12(14)16(13)21-17/h1-10H. The van der Waals surface area contributed by atoms with Crippen molar-refractivity contribution in [3.8, 4) is 11.3 Å². The Hall–Kier alpha value is -2.52. The van der Waals surface area contributed by atoms with Crippen molar-refractivity contribution in [1.29, 1.82) is 0 Å². The zero-order valence-corrected chi connectivity index (χ0v) is 11.7. The predicted molar refractivity (Wildman–Crippen MR) is 85.3 cm³/mol. The fraction of sp³-hybridized carbons (Fsp3) is 0. The van der Waals surface area contributed by atoms with Crippen LogP contribution in [-0.4, -0.2) is 15.0 Å². The molecule has 2 heterocycles. The lowest BCUT2D eigenvalue weighted by Gasteiger charge is -2.08. The number of benzene rings is 2. The van der Waals surface area contributed by atoms with Gasteiger partial charge in [-0.15, -0.1) is 0 Å². The summed E-state index contributed by atoms with van der Waals surface area (Å²) in [7, 11) is 0. The van der Waals surface area contributed by atoms with Gasteiger partial charge in [-0.2, -0.15) is 0 Å². The third-order valence-electron chi connectivity index (χ3n) is 3.46. The van der Waals surface area contributed by atoms with Gasteiger partial charge in [0.15, 0.2) is 0 Å². The summed E-state index contributed by atoms with van der Waals surface area (Å²) in [6.07, 6.45) is 1.82. The second-order valence-electron chi connectivity index (χ2n) is 4.74. The summed E-state index contributed by atoms with van der Waals surface area (Å²) < 4.78 is 0. The van der Waals surface area contributed by atoms with Gasteiger partial charge in [0.25, 0.3) is 0 Å². The Kier molecular flexibility index (Phi) is 2.79. The molecule has 4 heteroatoms. The first-order valence-electron chi connectivity index (χ1n) is 6.59. The van der Waals surface area contributed by atoms with E-state index < -0.39 is 0 Å². The summed E-state index contributed by atoms with van der Waals surface area (Å²) in [6, 6.07) is 17.8. The first kappa shape index (κ1) is 12.2. The number of hydrogen-bond donors (Lipinski definition) is 0. The number of aromatic nitrogens is 3. The van der Waals surface area contributed by atoms with Gasteiger partial charge in [0.05, 0.1) is 16.7 Å². The summed E-state index contributed by atoms with van der Waals surface area (Å²) in [5.41, 5.74) is 3.55. The summed E-state index contributed by atoms with van der Waals surface area (Å²) in [5.74, 6) is 0. The van der Waals surface area contributed by atoms with Crippen LogP contribution in [0.5, 0.6) is 0 Å². The highest BCUT2D eigenvalue weighted by atomic mass is 35.5. The van der Waals surface area contributed by atoms with Gasteiger partial charge in [-0.3, -0.25) is 4.98 Å². The maximum atomic E-state index is 6.13. The molecule has 0 aliphatic heterocycles. The highest BCUT2D eigenvalue weighted by Crippen LogP contribution is 2.30. The minimum atomic E-state index is 0.248. The second-order valence-corrected chi connectivity index (χ2v) is 5.08. The van der Waals surface area contributed by atoms with E-state index in [2.05, 4.69) is 15.0 Å². The summed E-state index contributed by atoms with van der Waals surface area (Å²) in [6.45, 7) is 0. The minimum Gasteiger partial charge on any atom is -0.255 e. The van der Waals surface area contributed by atoms with Crippen LogP contribution in [0, 0.1) is 0 Å². The van der Waals surface area contributed by atoms with Gasteiger partial charge in [0.2, 0.25) is 5.28 Å². The number of para-hydroxylation sites is 1. The molecule has 0 fully saturated rings. The van der Waals surface area contributed by atoms with E-state index in [9.17, 15) is 0 Å². The van der Waals surface area contributed by atoms with E-state index in [0.717, 1.165) is 33.1 Å². The lowest BCUT2D eigenvalue weighted by atomic mass is 10.1. The Bertz CT molecular complexity index is 952. The SMILES string of the molecule is Clc1nc(-c2ccccc2)c2cnc3ccccc3c2n1. The van der Waals surface area contributed by atoms with Gasteiger partial charge in [0, 0.05) is 22.5 Å². The lowest BCUT2D eigenvalue weighted by molar-refractivity contribution is 1.22. The van der Waals surface area contributed by atoms with Crippen LogP contribution in [-0.2, 0) is 0 Å². The summed E-state index contributed by atoms with van der Waals surface area (Å²) >= 11 is 6.13. The molecular formula is C17H10ClN3. The lowest BCUT2D eigenvalue weighted by Crippen LogP contribution is -1.93. The molecule has 0 atom stereocenters. The topological polar surface area (TPSA) is 38.7 Å². The Balaban J connectivity index is 2.15. The predicted octanol–water partition coefficient (Wildman–Crippen LogP) is 4.50. The molecule has 0 aliphatic rings. The van der Waals surface area contributed by atoms with Gasteiger partial charge in [-0.25, -0.2) is 9.97 Å². The van der Waals surface area contributed by atoms with Crippen molar-refractivity contribution in [2.75, 3.05) is 0 Å². The van der Waals surface area contributed by atoms with E-state index in [1.807, 2.05) is 60.8 Å². The van der Waals surface area contributed by atoms with Gasteiger partial charge in [0.1, 0.15) is 0 Å². The molecular weight excluding hydrogens is 282 g/mol. The molecule has 0 bridgehead atoms. The number of halogens is 1. The third kappa shape index (κ3) is 2.03. The van der Waals surface area contributed by atoms with Crippen LogP contribution in [0.3, 0.4) is 0 Å². The van der Waals surface area contributed by atoms with Crippen molar-refractivity contribution in [3.05, 3.63) is 66.1 Å². The normalized spacial score (nSPS) is 11.1. The van der Waals surface area contributed by atoms with E-state index in [-0.39, 0.29) is 5.28 Å². The first-order chi connectivity index (χ1) is 10.3. The Morgan fingerprint density at radius 3 is 2.38 bits per heavy atom. The number of hydrogen-bond acceptors (Lipinski definition) is 3. The molecule has 0 N–H and O–H groups in total. The Morgan fingerprint density at radius 1 is 0.762 bits per heavy atom. The third-order valence-corrected chi connectivity index (χ3v) is 3.63. The van der Waals surface area contributed by atoms with E-state index in [4.69, 9.17) is 11.6 Å². The second kappa shape index (κ2) is 4.79. The smallest absolute Gasteiger partial charge is 0.223 e. The van der Waals surface area contributed by atoms with Crippen LogP contribution in [0.15, 0.2) is 60.8 Å². The monoisotopic (exact) mass is 291 g/mol. The van der Waals surface area contributed by atoms with Gasteiger partial charge < -0.3 is 0 Å². The molecule has 0 unspecified atom stereocenters. The molecule has 0 radical (unpaired) electrons. The first-order valence-corrected chi connectivity index (χ1v) is 6.97. The average Bonchev–Trinajstić information content (AvgIpc) is 2.55. The zero-order chi connectivity index (χ0) is 14.2. The summed E-state index contributed by atoms with van der Waals surface area (Å²) in [4.78, 5) is 13.3. The number of nitrogens with zero attached hydrogens (tertiary/aromatic N) is 3. The average molecular weight is 292 g/mol. The zero-order valence-electron chi connectivity index (χ0n) is 11.0. The molecule has 3 nitrogen and oxygen atoms in total. The largest absolute Gasteiger partial charge is 0.255 e. The van der Waals surface area contributed by atoms with E-state index >= 15 is 0 Å². The van der Waals surface area contributed by atoms with Gasteiger partial charge >= 0.3 is 0 Å². The minimum absolute atomic E-state index is 0.248. The van der Waals surface area contributed by atoms with Crippen molar-refractivity contribution >= 4 is 33.4 Å². The maximum Gasteiger partial charge on any atom is 0.223 e. The highest BCUT2D eigenvalue weighted by molar-refractivity contribution is 6.29. The van der Waals surface area contributed by atoms with Crippen molar-refractivity contribution in [3.63, 3.8) is 0 Å². The Morgan fingerprint density at radius 2 is 1.52 bits per heavy atom. The van der Waals surface area contributed by atoms with Crippen molar-refractivity contribution in [1.82, 2.24) is 15.0 Å². The molecule has 2 aromatic carbocycles. The molecule has 21 heavy (non-hydrogen) atoms. The maximum absolute atomic E-state index is 6.13.